The molecule has 0 aliphatic carbocycles. The SMILES string of the molecule is CCCCCCCCCCCCCCCCCCCCCCCC/C=C/C(O)C(CO)NC(=O)CCCCCCCCCCCCCCCC/C=C\CCCCCCCCCCCCCCOC(=O)CCCCCCCCCCCCCCCCCCCCC. The van der Waals surface area contributed by atoms with Gasteiger partial charge in [0, 0.05) is 12.8 Å². The molecule has 0 aromatic rings. The highest BCUT2D eigenvalue weighted by Gasteiger charge is 2.18. The van der Waals surface area contributed by atoms with Crippen LogP contribution in [0.2, 0.25) is 0 Å². The summed E-state index contributed by atoms with van der Waals surface area (Å²) in [7, 11) is 0. The summed E-state index contributed by atoms with van der Waals surface area (Å²) in [6.07, 6.45) is 103. The quantitative estimate of drug-likeness (QED) is 0.0320. The van der Waals surface area contributed by atoms with Crippen molar-refractivity contribution in [3.8, 4) is 0 Å². The number of hydrogen-bond acceptors (Lipinski definition) is 5. The van der Waals surface area contributed by atoms with E-state index >= 15 is 0 Å². The Morgan fingerprint density at radius 3 is 0.789 bits per heavy atom. The molecule has 90 heavy (non-hydrogen) atoms. The topological polar surface area (TPSA) is 95.9 Å². The number of aliphatic hydroxyl groups is 2. The molecule has 0 fully saturated rings. The maximum absolute atomic E-state index is 12.6. The number of unbranched alkanes of at least 4 members (excludes halogenated alkanes) is 66. The van der Waals surface area contributed by atoms with Crippen molar-refractivity contribution in [2.75, 3.05) is 13.2 Å². The van der Waals surface area contributed by atoms with E-state index in [1.165, 1.54) is 411 Å². The lowest BCUT2D eigenvalue weighted by atomic mass is 10.0. The van der Waals surface area contributed by atoms with Gasteiger partial charge in [0.25, 0.3) is 0 Å². The molecule has 0 saturated carbocycles. The van der Waals surface area contributed by atoms with Crippen LogP contribution in [0.3, 0.4) is 0 Å². The number of nitrogens with one attached hydrogen (secondary N) is 1. The fraction of sp³-hybridized carbons (Fsp3) is 0.929. The van der Waals surface area contributed by atoms with Crippen molar-refractivity contribution in [2.24, 2.45) is 0 Å². The predicted molar refractivity (Wildman–Crippen MR) is 398 cm³/mol. The maximum Gasteiger partial charge on any atom is 0.305 e. The van der Waals surface area contributed by atoms with Gasteiger partial charge in [-0.25, -0.2) is 0 Å². The first-order chi connectivity index (χ1) is 44.5. The summed E-state index contributed by atoms with van der Waals surface area (Å²) in [4.78, 5) is 24.7. The van der Waals surface area contributed by atoms with E-state index in [9.17, 15) is 19.8 Å². The molecule has 534 valence electrons. The smallest absolute Gasteiger partial charge is 0.305 e. The van der Waals surface area contributed by atoms with Crippen molar-refractivity contribution < 1.29 is 24.5 Å². The summed E-state index contributed by atoms with van der Waals surface area (Å²) >= 11 is 0. The molecule has 0 spiro atoms. The fourth-order valence-corrected chi connectivity index (χ4v) is 13.4. The first-order valence-electron chi connectivity index (χ1n) is 41.6. The molecule has 0 aromatic carbocycles. The highest BCUT2D eigenvalue weighted by molar-refractivity contribution is 5.76. The second-order valence-electron chi connectivity index (χ2n) is 28.8. The Hall–Kier alpha value is -1.66. The van der Waals surface area contributed by atoms with E-state index in [1.54, 1.807) is 6.08 Å². The summed E-state index contributed by atoms with van der Waals surface area (Å²) in [5.41, 5.74) is 0. The average molecular weight is 1270 g/mol. The van der Waals surface area contributed by atoms with E-state index in [-0.39, 0.29) is 18.5 Å². The lowest BCUT2D eigenvalue weighted by molar-refractivity contribution is -0.143. The van der Waals surface area contributed by atoms with Crippen LogP contribution in [0.15, 0.2) is 24.3 Å². The summed E-state index contributed by atoms with van der Waals surface area (Å²) in [6, 6.07) is -0.628. The van der Waals surface area contributed by atoms with Gasteiger partial charge in [-0.05, 0) is 57.8 Å². The van der Waals surface area contributed by atoms with E-state index in [1.807, 2.05) is 6.08 Å². The van der Waals surface area contributed by atoms with Crippen molar-refractivity contribution >= 4 is 11.9 Å². The number of carbonyl (C=O) groups is 2. The lowest BCUT2D eigenvalue weighted by Crippen LogP contribution is -2.45. The molecule has 0 heterocycles. The lowest BCUT2D eigenvalue weighted by Gasteiger charge is -2.20. The zero-order valence-corrected chi connectivity index (χ0v) is 61.4. The van der Waals surface area contributed by atoms with Gasteiger partial charge in [-0.3, -0.25) is 9.59 Å². The van der Waals surface area contributed by atoms with Crippen molar-refractivity contribution in [3.05, 3.63) is 24.3 Å². The molecule has 1 amide bonds. The highest BCUT2D eigenvalue weighted by atomic mass is 16.5. The highest BCUT2D eigenvalue weighted by Crippen LogP contribution is 2.20. The third kappa shape index (κ3) is 75.4. The second-order valence-corrected chi connectivity index (χ2v) is 28.8. The number of ether oxygens (including phenoxy) is 1. The molecule has 0 aliphatic rings. The number of amides is 1. The molecule has 0 rings (SSSR count). The van der Waals surface area contributed by atoms with Crippen molar-refractivity contribution in [1.82, 2.24) is 5.32 Å². The molecule has 0 aromatic heterocycles. The minimum Gasteiger partial charge on any atom is -0.466 e. The Kier molecular flexibility index (Phi) is 78.3. The van der Waals surface area contributed by atoms with Gasteiger partial charge in [0.05, 0.1) is 25.4 Å². The zero-order chi connectivity index (χ0) is 64.9. The van der Waals surface area contributed by atoms with Gasteiger partial charge in [-0.2, -0.15) is 0 Å². The predicted octanol–water partition coefficient (Wildman–Crippen LogP) is 27.6. The van der Waals surface area contributed by atoms with Crippen LogP contribution in [0, 0.1) is 0 Å². The number of carbonyl (C=O) groups excluding carboxylic acids is 2. The number of esters is 1. The van der Waals surface area contributed by atoms with Crippen LogP contribution in [0.25, 0.3) is 0 Å². The van der Waals surface area contributed by atoms with Gasteiger partial charge in [-0.1, -0.05) is 430 Å². The molecule has 0 bridgehead atoms. The van der Waals surface area contributed by atoms with Gasteiger partial charge >= 0.3 is 5.97 Å². The van der Waals surface area contributed by atoms with Gasteiger partial charge < -0.3 is 20.3 Å². The summed E-state index contributed by atoms with van der Waals surface area (Å²) < 4.78 is 5.52. The van der Waals surface area contributed by atoms with E-state index in [0.29, 0.717) is 19.4 Å². The Bertz CT molecular complexity index is 1410. The third-order valence-corrected chi connectivity index (χ3v) is 19.7. The zero-order valence-electron chi connectivity index (χ0n) is 61.4. The van der Waals surface area contributed by atoms with Crippen molar-refractivity contribution in [2.45, 2.75) is 488 Å². The Balaban J connectivity index is 3.37. The largest absolute Gasteiger partial charge is 0.466 e. The van der Waals surface area contributed by atoms with Crippen LogP contribution in [0.4, 0.5) is 0 Å². The molecule has 6 heteroatoms. The van der Waals surface area contributed by atoms with Crippen LogP contribution in [-0.4, -0.2) is 47.4 Å². The summed E-state index contributed by atoms with van der Waals surface area (Å²) in [5, 5.41) is 23.3. The Morgan fingerprint density at radius 1 is 0.300 bits per heavy atom. The number of hydrogen-bond donors (Lipinski definition) is 3. The molecule has 0 aliphatic heterocycles. The van der Waals surface area contributed by atoms with Gasteiger partial charge in [0.2, 0.25) is 5.91 Å². The van der Waals surface area contributed by atoms with Gasteiger partial charge in [-0.15, -0.1) is 0 Å². The van der Waals surface area contributed by atoms with Crippen molar-refractivity contribution in [3.63, 3.8) is 0 Å². The van der Waals surface area contributed by atoms with E-state index < -0.39 is 12.1 Å². The van der Waals surface area contributed by atoms with Crippen LogP contribution in [-0.2, 0) is 14.3 Å². The van der Waals surface area contributed by atoms with E-state index in [4.69, 9.17) is 4.74 Å². The number of allylic oxidation sites excluding steroid dienone is 3. The Morgan fingerprint density at radius 2 is 0.522 bits per heavy atom. The minimum atomic E-state index is -0.845. The van der Waals surface area contributed by atoms with Crippen LogP contribution < -0.4 is 5.32 Å². The number of aliphatic hydroxyl groups excluding tert-OH is 2. The second kappa shape index (κ2) is 79.8. The molecular formula is C84H163NO5. The molecule has 0 saturated heterocycles. The monoisotopic (exact) mass is 1270 g/mol. The molecule has 6 nitrogen and oxygen atoms in total. The first-order valence-corrected chi connectivity index (χ1v) is 41.6. The summed E-state index contributed by atoms with van der Waals surface area (Å²) in [6.45, 7) is 4.97. The molecule has 3 N–H and O–H groups in total. The minimum absolute atomic E-state index is 0.0229. The van der Waals surface area contributed by atoms with Crippen LogP contribution >= 0.6 is 0 Å². The van der Waals surface area contributed by atoms with E-state index in [0.717, 1.165) is 38.5 Å². The molecule has 2 atom stereocenters. The van der Waals surface area contributed by atoms with Gasteiger partial charge in [0.15, 0.2) is 0 Å². The Labute approximate surface area is 564 Å². The standard InChI is InChI=1S/C84H163NO5/c1-3-5-7-9-11-13-15-17-19-21-23-24-25-34-37-41-44-48-52-56-60-64-68-72-76-82(87)81(80-86)85-83(88)77-73-69-65-61-57-53-49-45-42-38-35-32-30-28-26-27-29-31-33-36-39-43-47-51-55-59-63-67-71-75-79-90-84(89)78-74-70-66-62-58-54-50-46-40-22-20-18-16-14-12-10-8-6-4-2/h27,29,72,76,81-82,86-87H,3-26,28,30-71,73-75,77-80H2,1-2H3,(H,85,88)/b29-27-,76-72+. The third-order valence-electron chi connectivity index (χ3n) is 19.7. The molecule has 2 unspecified atom stereocenters. The first kappa shape index (κ1) is 88.3. The normalized spacial score (nSPS) is 12.5. The molecular weight excluding hydrogens is 1100 g/mol. The van der Waals surface area contributed by atoms with E-state index in [2.05, 4.69) is 31.3 Å². The number of rotatable bonds is 79. The van der Waals surface area contributed by atoms with Crippen LogP contribution in [0.1, 0.15) is 476 Å². The maximum atomic E-state index is 12.6. The van der Waals surface area contributed by atoms with Crippen molar-refractivity contribution in [1.29, 1.82) is 0 Å². The van der Waals surface area contributed by atoms with Gasteiger partial charge in [0.1, 0.15) is 0 Å². The fourth-order valence-electron chi connectivity index (χ4n) is 13.4. The average Bonchev–Trinajstić information content (AvgIpc) is 3.59. The van der Waals surface area contributed by atoms with Crippen LogP contribution in [0.5, 0.6) is 0 Å². The summed E-state index contributed by atoms with van der Waals surface area (Å²) in [5.74, 6) is -0.0380. The molecule has 0 radical (unpaired) electrons.